The Morgan fingerprint density at radius 3 is 2.33 bits per heavy atom. The highest BCUT2D eigenvalue weighted by atomic mass is 32.1. The molecular formula is C20H19N3O3S. The number of rotatable bonds is 6. The van der Waals surface area contributed by atoms with E-state index < -0.39 is 0 Å². The Hall–Kier alpha value is -3.19. The summed E-state index contributed by atoms with van der Waals surface area (Å²) in [4.78, 5) is 28.8. The Morgan fingerprint density at radius 2 is 1.70 bits per heavy atom. The normalized spacial score (nSPS) is 10.3. The van der Waals surface area contributed by atoms with E-state index in [1.165, 1.54) is 16.9 Å². The average Bonchev–Trinajstić information content (AvgIpc) is 3.17. The van der Waals surface area contributed by atoms with Crippen LogP contribution in [0.5, 0.6) is 5.75 Å². The largest absolute Gasteiger partial charge is 0.497 e. The summed E-state index contributed by atoms with van der Waals surface area (Å²) in [6.45, 7) is 2.07. The van der Waals surface area contributed by atoms with Gasteiger partial charge in [0.2, 0.25) is 0 Å². The van der Waals surface area contributed by atoms with E-state index in [4.69, 9.17) is 4.74 Å². The predicted octanol–water partition coefficient (Wildman–Crippen LogP) is 4.22. The number of ether oxygens (including phenoxy) is 1. The van der Waals surface area contributed by atoms with Gasteiger partial charge in [-0.15, -0.1) is 11.3 Å². The zero-order valence-electron chi connectivity index (χ0n) is 15.0. The number of carbonyl (C=O) groups is 2. The van der Waals surface area contributed by atoms with Crippen LogP contribution >= 0.6 is 11.3 Å². The van der Waals surface area contributed by atoms with E-state index in [1.54, 1.807) is 36.8 Å². The van der Waals surface area contributed by atoms with Gasteiger partial charge in [-0.1, -0.05) is 19.1 Å². The van der Waals surface area contributed by atoms with Crippen molar-refractivity contribution in [2.45, 2.75) is 13.3 Å². The number of hydrogen-bond acceptors (Lipinski definition) is 5. The second-order valence-electron chi connectivity index (χ2n) is 5.73. The first kappa shape index (κ1) is 18.6. The minimum atomic E-state index is -0.319. The predicted molar refractivity (Wildman–Crippen MR) is 107 cm³/mol. The van der Waals surface area contributed by atoms with Crippen LogP contribution in [-0.4, -0.2) is 23.9 Å². The molecule has 0 fully saturated rings. The molecule has 2 N–H and O–H groups in total. The highest BCUT2D eigenvalue weighted by Crippen LogP contribution is 2.19. The highest BCUT2D eigenvalue weighted by Gasteiger charge is 2.14. The van der Waals surface area contributed by atoms with Crippen molar-refractivity contribution in [3.63, 3.8) is 0 Å². The number of aryl methyl sites for hydroxylation is 1. The maximum absolute atomic E-state index is 12.3. The summed E-state index contributed by atoms with van der Waals surface area (Å²) >= 11 is 1.20. The summed E-state index contributed by atoms with van der Waals surface area (Å²) in [7, 11) is 1.56. The van der Waals surface area contributed by atoms with Gasteiger partial charge in [0.1, 0.15) is 11.4 Å². The van der Waals surface area contributed by atoms with E-state index in [1.807, 2.05) is 24.3 Å². The second kappa shape index (κ2) is 8.46. The van der Waals surface area contributed by atoms with Gasteiger partial charge in [0.25, 0.3) is 11.8 Å². The van der Waals surface area contributed by atoms with Crippen LogP contribution in [0, 0.1) is 0 Å². The highest BCUT2D eigenvalue weighted by molar-refractivity contribution is 7.14. The van der Waals surface area contributed by atoms with Crippen LogP contribution in [0.15, 0.2) is 53.9 Å². The van der Waals surface area contributed by atoms with Crippen molar-refractivity contribution in [2.24, 2.45) is 0 Å². The Kier molecular flexibility index (Phi) is 5.83. The first-order valence-corrected chi connectivity index (χ1v) is 9.28. The van der Waals surface area contributed by atoms with Crippen LogP contribution in [0.1, 0.15) is 33.3 Å². The lowest BCUT2D eigenvalue weighted by Gasteiger charge is -2.04. The number of nitrogens with zero attached hydrogens (tertiary/aromatic N) is 1. The fraction of sp³-hybridized carbons (Fsp3) is 0.150. The lowest BCUT2D eigenvalue weighted by atomic mass is 10.1. The van der Waals surface area contributed by atoms with Crippen molar-refractivity contribution in [3.05, 3.63) is 70.7 Å². The van der Waals surface area contributed by atoms with E-state index in [2.05, 4.69) is 22.5 Å². The molecule has 3 rings (SSSR count). The molecule has 0 aliphatic heterocycles. The van der Waals surface area contributed by atoms with Gasteiger partial charge < -0.3 is 10.1 Å². The smallest absolute Gasteiger partial charge is 0.275 e. The van der Waals surface area contributed by atoms with Crippen molar-refractivity contribution in [1.29, 1.82) is 0 Å². The number of benzene rings is 2. The summed E-state index contributed by atoms with van der Waals surface area (Å²) < 4.78 is 5.07. The molecule has 0 aliphatic carbocycles. The molecule has 1 aromatic heterocycles. The van der Waals surface area contributed by atoms with Crippen LogP contribution in [0.2, 0.25) is 0 Å². The van der Waals surface area contributed by atoms with Gasteiger partial charge >= 0.3 is 0 Å². The van der Waals surface area contributed by atoms with Gasteiger partial charge in [-0.3, -0.25) is 14.9 Å². The molecule has 27 heavy (non-hydrogen) atoms. The first-order chi connectivity index (χ1) is 13.1. The summed E-state index contributed by atoms with van der Waals surface area (Å²) in [6, 6.07) is 14.4. The maximum Gasteiger partial charge on any atom is 0.275 e. The van der Waals surface area contributed by atoms with E-state index in [0.29, 0.717) is 22.1 Å². The van der Waals surface area contributed by atoms with E-state index >= 15 is 0 Å². The van der Waals surface area contributed by atoms with Crippen LogP contribution in [0.4, 0.5) is 10.8 Å². The van der Waals surface area contributed by atoms with Gasteiger partial charge in [0.05, 0.1) is 7.11 Å². The summed E-state index contributed by atoms with van der Waals surface area (Å²) in [6.07, 6.45) is 0.942. The molecule has 0 saturated carbocycles. The van der Waals surface area contributed by atoms with Crippen molar-refractivity contribution in [3.8, 4) is 5.75 Å². The van der Waals surface area contributed by atoms with Crippen LogP contribution < -0.4 is 15.4 Å². The number of anilines is 2. The van der Waals surface area contributed by atoms with Gasteiger partial charge in [0.15, 0.2) is 5.13 Å². The fourth-order valence-electron chi connectivity index (χ4n) is 2.37. The van der Waals surface area contributed by atoms with Gasteiger partial charge in [-0.25, -0.2) is 4.98 Å². The van der Waals surface area contributed by atoms with Crippen molar-refractivity contribution >= 4 is 34.0 Å². The van der Waals surface area contributed by atoms with E-state index in [0.717, 1.165) is 6.42 Å². The Bertz CT molecular complexity index is 934. The number of carbonyl (C=O) groups excluding carboxylic acids is 2. The summed E-state index contributed by atoms with van der Waals surface area (Å²) in [5.74, 6) is 0.0567. The summed E-state index contributed by atoms with van der Waals surface area (Å²) in [5.41, 5.74) is 2.64. The third-order valence-electron chi connectivity index (χ3n) is 3.93. The second-order valence-corrected chi connectivity index (χ2v) is 6.58. The fourth-order valence-corrected chi connectivity index (χ4v) is 3.05. The molecule has 138 valence electrons. The number of thiazole rings is 1. The van der Waals surface area contributed by atoms with Crippen LogP contribution in [-0.2, 0) is 6.42 Å². The van der Waals surface area contributed by atoms with Crippen LogP contribution in [0.3, 0.4) is 0 Å². The van der Waals surface area contributed by atoms with Gasteiger partial charge in [0, 0.05) is 16.6 Å². The molecule has 0 bridgehead atoms. The number of methoxy groups -OCH3 is 1. The molecule has 2 amide bonds. The minimum absolute atomic E-state index is 0.254. The van der Waals surface area contributed by atoms with E-state index in [-0.39, 0.29) is 17.5 Å². The van der Waals surface area contributed by atoms with Crippen molar-refractivity contribution in [2.75, 3.05) is 17.7 Å². The molecule has 0 spiro atoms. The molecule has 0 unspecified atom stereocenters. The topological polar surface area (TPSA) is 80.3 Å². The molecule has 3 aromatic rings. The zero-order chi connectivity index (χ0) is 19.2. The molecule has 2 aromatic carbocycles. The van der Waals surface area contributed by atoms with E-state index in [9.17, 15) is 9.59 Å². The number of nitrogens with one attached hydrogen (secondary N) is 2. The molecule has 0 saturated heterocycles. The Morgan fingerprint density at radius 1 is 1.00 bits per heavy atom. The van der Waals surface area contributed by atoms with Gasteiger partial charge in [-0.2, -0.15) is 0 Å². The minimum Gasteiger partial charge on any atom is -0.497 e. The number of amides is 2. The SMILES string of the molecule is CCc1ccc(NC(=O)c2csc(NC(=O)c3ccc(OC)cc3)n2)cc1. The van der Waals surface area contributed by atoms with Gasteiger partial charge in [-0.05, 0) is 48.4 Å². The molecule has 1 heterocycles. The molecule has 0 aliphatic rings. The molecule has 7 heteroatoms. The monoisotopic (exact) mass is 381 g/mol. The lowest BCUT2D eigenvalue weighted by Crippen LogP contribution is -2.14. The first-order valence-electron chi connectivity index (χ1n) is 8.40. The quantitative estimate of drug-likeness (QED) is 0.670. The van der Waals surface area contributed by atoms with Crippen molar-refractivity contribution < 1.29 is 14.3 Å². The zero-order valence-corrected chi connectivity index (χ0v) is 15.8. The Balaban J connectivity index is 1.62. The van der Waals surface area contributed by atoms with Crippen LogP contribution in [0.25, 0.3) is 0 Å². The Labute approximate surface area is 161 Å². The molecule has 6 nitrogen and oxygen atoms in total. The lowest BCUT2D eigenvalue weighted by molar-refractivity contribution is 0.101. The molecule has 0 atom stereocenters. The standard InChI is InChI=1S/C20H19N3O3S/c1-3-13-4-8-15(9-5-13)21-19(25)17-12-27-20(22-17)23-18(24)14-6-10-16(26-2)11-7-14/h4-12H,3H2,1-2H3,(H,21,25)(H,22,23,24). The molecular weight excluding hydrogens is 362 g/mol. The third kappa shape index (κ3) is 4.71. The maximum atomic E-state index is 12.3. The van der Waals surface area contributed by atoms with Crippen molar-refractivity contribution in [1.82, 2.24) is 4.98 Å². The third-order valence-corrected chi connectivity index (χ3v) is 4.69. The number of aromatic nitrogens is 1. The molecule has 0 radical (unpaired) electrons. The number of hydrogen-bond donors (Lipinski definition) is 2. The summed E-state index contributed by atoms with van der Waals surface area (Å²) in [5, 5.41) is 7.47. The average molecular weight is 381 g/mol.